The van der Waals surface area contributed by atoms with Gasteiger partial charge in [0.2, 0.25) is 0 Å². The normalized spacial score (nSPS) is 12.8. The van der Waals surface area contributed by atoms with Crippen molar-refractivity contribution in [3.05, 3.63) is 49.6 Å². The molecule has 0 spiro atoms. The number of fused-ring (bicyclic) bond motifs is 1. The van der Waals surface area contributed by atoms with Gasteiger partial charge in [-0.15, -0.1) is 11.3 Å². The van der Waals surface area contributed by atoms with Crippen LogP contribution in [0.5, 0.6) is 0 Å². The van der Waals surface area contributed by atoms with Crippen LogP contribution in [0.25, 0.3) is 0 Å². The van der Waals surface area contributed by atoms with Crippen LogP contribution in [0.1, 0.15) is 32.1 Å². The Kier molecular flexibility index (Phi) is 4.82. The van der Waals surface area contributed by atoms with Crippen LogP contribution in [0, 0.1) is 6.92 Å². The molecule has 4 nitrogen and oxygen atoms in total. The van der Waals surface area contributed by atoms with E-state index in [-0.39, 0.29) is 12.5 Å². The van der Waals surface area contributed by atoms with Crippen molar-refractivity contribution in [2.45, 2.75) is 26.2 Å². The average molecular weight is 394 g/mol. The van der Waals surface area contributed by atoms with E-state index >= 15 is 0 Å². The number of carbonyl (C=O) groups is 2. The largest absolute Gasteiger partial charge is 0.451 e. The number of esters is 1. The molecule has 6 heteroatoms. The molecule has 3 rings (SSSR count). The molecule has 0 aliphatic heterocycles. The van der Waals surface area contributed by atoms with Crippen LogP contribution in [0.2, 0.25) is 0 Å². The summed E-state index contributed by atoms with van der Waals surface area (Å²) in [6.45, 7) is 1.62. The third-order valence-corrected chi connectivity index (χ3v) is 5.46. The number of thiophene rings is 1. The van der Waals surface area contributed by atoms with Crippen LogP contribution in [-0.4, -0.2) is 18.5 Å². The van der Waals surface area contributed by atoms with Crippen molar-refractivity contribution < 1.29 is 14.3 Å². The number of ether oxygens (including phenoxy) is 1. The van der Waals surface area contributed by atoms with Crippen LogP contribution in [-0.2, 0) is 22.4 Å². The van der Waals surface area contributed by atoms with Crippen molar-refractivity contribution in [2.24, 2.45) is 0 Å². The summed E-state index contributed by atoms with van der Waals surface area (Å²) in [5.74, 6) is -0.764. The first-order valence-electron chi connectivity index (χ1n) is 7.37. The van der Waals surface area contributed by atoms with Gasteiger partial charge in [0.15, 0.2) is 6.61 Å². The number of amides is 1. The Morgan fingerprint density at radius 3 is 2.87 bits per heavy atom. The van der Waals surface area contributed by atoms with E-state index in [1.54, 1.807) is 0 Å². The molecule has 0 unspecified atom stereocenters. The summed E-state index contributed by atoms with van der Waals surface area (Å²) >= 11 is 4.85. The molecule has 0 saturated heterocycles. The molecule has 1 N–H and O–H groups in total. The molecule has 1 aliphatic rings. The lowest BCUT2D eigenvalue weighted by Crippen LogP contribution is -2.21. The molecule has 0 radical (unpaired) electrons. The highest BCUT2D eigenvalue weighted by atomic mass is 79.9. The second-order valence-electron chi connectivity index (χ2n) is 5.50. The minimum Gasteiger partial charge on any atom is -0.451 e. The van der Waals surface area contributed by atoms with E-state index < -0.39 is 5.97 Å². The first kappa shape index (κ1) is 16.2. The van der Waals surface area contributed by atoms with Crippen LogP contribution >= 0.6 is 27.3 Å². The fourth-order valence-electron chi connectivity index (χ4n) is 2.59. The van der Waals surface area contributed by atoms with Crippen molar-refractivity contribution in [1.29, 1.82) is 0 Å². The van der Waals surface area contributed by atoms with E-state index in [4.69, 9.17) is 4.74 Å². The number of hydrogen-bond acceptors (Lipinski definition) is 4. The van der Waals surface area contributed by atoms with E-state index in [2.05, 4.69) is 21.2 Å². The second-order valence-corrected chi connectivity index (χ2v) is 7.55. The highest BCUT2D eigenvalue weighted by Crippen LogP contribution is 2.30. The molecular weight excluding hydrogens is 378 g/mol. The zero-order valence-corrected chi connectivity index (χ0v) is 15.1. The summed E-state index contributed by atoms with van der Waals surface area (Å²) in [5, 5.41) is 2.75. The molecule has 1 heterocycles. The highest BCUT2D eigenvalue weighted by molar-refractivity contribution is 9.10. The molecule has 120 valence electrons. The number of nitrogens with one attached hydrogen (secondary N) is 1. The molecule has 0 saturated carbocycles. The standard InChI is InChI=1S/C17H16BrNO3S/c1-10-7-12(18)5-6-13(10)19-16(20)9-22-17(21)15-8-11-3-2-4-14(11)23-15/h5-8H,2-4,9H2,1H3,(H,19,20). The van der Waals surface area contributed by atoms with Gasteiger partial charge in [0, 0.05) is 15.0 Å². The van der Waals surface area contributed by atoms with Gasteiger partial charge in [-0.2, -0.15) is 0 Å². The SMILES string of the molecule is Cc1cc(Br)ccc1NC(=O)COC(=O)c1cc2c(s1)CCC2. The zero-order chi connectivity index (χ0) is 16.4. The summed E-state index contributed by atoms with van der Waals surface area (Å²) < 4.78 is 6.06. The Bertz CT molecular complexity index is 748. The van der Waals surface area contributed by atoms with Gasteiger partial charge in [0.25, 0.3) is 5.91 Å². The molecule has 0 fully saturated rings. The summed E-state index contributed by atoms with van der Waals surface area (Å²) in [6.07, 6.45) is 3.23. The highest BCUT2D eigenvalue weighted by Gasteiger charge is 2.20. The zero-order valence-electron chi connectivity index (χ0n) is 12.6. The van der Waals surface area contributed by atoms with Gasteiger partial charge in [-0.1, -0.05) is 15.9 Å². The third-order valence-electron chi connectivity index (χ3n) is 3.74. The van der Waals surface area contributed by atoms with E-state index in [1.165, 1.54) is 21.8 Å². The topological polar surface area (TPSA) is 55.4 Å². The molecular formula is C17H16BrNO3S. The minimum absolute atomic E-state index is 0.281. The molecule has 1 aromatic heterocycles. The predicted molar refractivity (Wildman–Crippen MR) is 94.1 cm³/mol. The van der Waals surface area contributed by atoms with Crippen LogP contribution in [0.15, 0.2) is 28.7 Å². The van der Waals surface area contributed by atoms with Gasteiger partial charge in [0.1, 0.15) is 4.88 Å². The first-order valence-corrected chi connectivity index (χ1v) is 8.98. The second kappa shape index (κ2) is 6.84. The first-order chi connectivity index (χ1) is 11.0. The number of aryl methyl sites for hydroxylation is 3. The number of halogens is 1. The number of rotatable bonds is 4. The maximum atomic E-state index is 12.0. The number of carbonyl (C=O) groups excluding carboxylic acids is 2. The quantitative estimate of drug-likeness (QED) is 0.795. The lowest BCUT2D eigenvalue weighted by molar-refractivity contribution is -0.119. The Labute approximate surface area is 147 Å². The molecule has 0 atom stereocenters. The summed E-state index contributed by atoms with van der Waals surface area (Å²) in [7, 11) is 0. The smallest absolute Gasteiger partial charge is 0.348 e. The van der Waals surface area contributed by atoms with Crippen molar-refractivity contribution >= 4 is 44.8 Å². The maximum absolute atomic E-state index is 12.0. The molecule has 1 amide bonds. The summed E-state index contributed by atoms with van der Waals surface area (Å²) in [6, 6.07) is 7.46. The molecule has 0 bridgehead atoms. The Morgan fingerprint density at radius 1 is 1.30 bits per heavy atom. The molecule has 2 aromatic rings. The Morgan fingerprint density at radius 2 is 2.13 bits per heavy atom. The Balaban J connectivity index is 1.54. The van der Waals surface area contributed by atoms with E-state index in [9.17, 15) is 9.59 Å². The number of anilines is 1. The molecule has 1 aromatic carbocycles. The minimum atomic E-state index is -0.424. The number of benzene rings is 1. The van der Waals surface area contributed by atoms with E-state index in [0.717, 1.165) is 29.3 Å². The van der Waals surface area contributed by atoms with Crippen molar-refractivity contribution in [2.75, 3.05) is 11.9 Å². The van der Waals surface area contributed by atoms with Crippen molar-refractivity contribution in [1.82, 2.24) is 0 Å². The van der Waals surface area contributed by atoms with Crippen molar-refractivity contribution in [3.8, 4) is 0 Å². The van der Waals surface area contributed by atoms with Gasteiger partial charge >= 0.3 is 5.97 Å². The van der Waals surface area contributed by atoms with Crippen LogP contribution in [0.4, 0.5) is 5.69 Å². The van der Waals surface area contributed by atoms with Gasteiger partial charge in [0.05, 0.1) is 0 Å². The fraction of sp³-hybridized carbons (Fsp3) is 0.294. The average Bonchev–Trinajstić information content (AvgIpc) is 3.09. The van der Waals surface area contributed by atoms with E-state index in [1.807, 2.05) is 31.2 Å². The maximum Gasteiger partial charge on any atom is 0.348 e. The predicted octanol–water partition coefficient (Wildman–Crippen LogP) is 4.10. The molecule has 1 aliphatic carbocycles. The van der Waals surface area contributed by atoms with Gasteiger partial charge in [-0.05, 0) is 61.6 Å². The third kappa shape index (κ3) is 3.82. The number of hydrogen-bond donors (Lipinski definition) is 1. The van der Waals surface area contributed by atoms with Gasteiger partial charge in [-0.3, -0.25) is 4.79 Å². The summed E-state index contributed by atoms with van der Waals surface area (Å²) in [4.78, 5) is 25.8. The molecule has 23 heavy (non-hydrogen) atoms. The Hall–Kier alpha value is -1.66. The van der Waals surface area contributed by atoms with Gasteiger partial charge in [-0.25, -0.2) is 4.79 Å². The monoisotopic (exact) mass is 393 g/mol. The van der Waals surface area contributed by atoms with Crippen LogP contribution < -0.4 is 5.32 Å². The lowest BCUT2D eigenvalue weighted by Gasteiger charge is -2.09. The van der Waals surface area contributed by atoms with E-state index in [0.29, 0.717) is 10.6 Å². The lowest BCUT2D eigenvalue weighted by atomic mass is 10.2. The fourth-order valence-corrected chi connectivity index (χ4v) is 4.21. The van der Waals surface area contributed by atoms with Crippen molar-refractivity contribution in [3.63, 3.8) is 0 Å². The summed E-state index contributed by atoms with van der Waals surface area (Å²) in [5.41, 5.74) is 2.90. The van der Waals surface area contributed by atoms with Gasteiger partial charge < -0.3 is 10.1 Å². The van der Waals surface area contributed by atoms with Crippen LogP contribution in [0.3, 0.4) is 0 Å².